The second-order valence-electron chi connectivity index (χ2n) is 7.01. The number of hydrogen-bond donors (Lipinski definition) is 2. The third-order valence-corrected chi connectivity index (χ3v) is 5.22. The number of guanidine groups is 1. The van der Waals surface area contributed by atoms with Gasteiger partial charge in [-0.1, -0.05) is 31.0 Å². The molecule has 0 aromatic heterocycles. The quantitative estimate of drug-likeness (QED) is 0.222. The summed E-state index contributed by atoms with van der Waals surface area (Å²) in [6.07, 6.45) is 6.32. The molecule has 1 aromatic rings. The Labute approximate surface area is 181 Å². The molecule has 0 bridgehead atoms. The van der Waals surface area contributed by atoms with Crippen LogP contribution in [0.15, 0.2) is 29.3 Å². The fourth-order valence-electron chi connectivity index (χ4n) is 3.68. The van der Waals surface area contributed by atoms with Crippen LogP contribution in [-0.2, 0) is 11.3 Å². The molecule has 27 heavy (non-hydrogen) atoms. The second kappa shape index (κ2) is 13.2. The zero-order valence-electron chi connectivity index (χ0n) is 17.1. The van der Waals surface area contributed by atoms with Gasteiger partial charge in [0.2, 0.25) is 0 Å². The van der Waals surface area contributed by atoms with Gasteiger partial charge in [0.05, 0.1) is 13.7 Å². The van der Waals surface area contributed by atoms with Crippen molar-refractivity contribution in [2.24, 2.45) is 10.4 Å². The minimum absolute atomic E-state index is 0. The summed E-state index contributed by atoms with van der Waals surface area (Å²) in [6, 6.07) is 8.05. The Kier molecular flexibility index (Phi) is 11.7. The lowest BCUT2D eigenvalue weighted by molar-refractivity contribution is 0.105. The third-order valence-electron chi connectivity index (χ3n) is 5.22. The Morgan fingerprint density at radius 3 is 2.56 bits per heavy atom. The van der Waals surface area contributed by atoms with Gasteiger partial charge in [-0.25, -0.2) is 4.99 Å². The monoisotopic (exact) mass is 489 g/mol. The maximum absolute atomic E-state index is 5.62. The van der Waals surface area contributed by atoms with Gasteiger partial charge in [0.15, 0.2) is 5.96 Å². The molecule has 1 aliphatic rings. The molecule has 0 aliphatic heterocycles. The zero-order chi connectivity index (χ0) is 18.7. The maximum atomic E-state index is 5.62. The van der Waals surface area contributed by atoms with E-state index in [2.05, 4.69) is 30.5 Å². The van der Waals surface area contributed by atoms with E-state index in [-0.39, 0.29) is 24.0 Å². The average Bonchev–Trinajstić information content (AvgIpc) is 3.13. The first-order chi connectivity index (χ1) is 12.7. The van der Waals surface area contributed by atoms with Crippen LogP contribution in [0.25, 0.3) is 0 Å². The van der Waals surface area contributed by atoms with Gasteiger partial charge in [-0.05, 0) is 44.6 Å². The fraction of sp³-hybridized carbons (Fsp3) is 0.667. The average molecular weight is 489 g/mol. The molecule has 0 radical (unpaired) electrons. The Bertz CT molecular complexity index is 560. The smallest absolute Gasteiger partial charge is 0.191 e. The van der Waals surface area contributed by atoms with Crippen molar-refractivity contribution in [1.82, 2.24) is 10.6 Å². The zero-order valence-corrected chi connectivity index (χ0v) is 19.4. The van der Waals surface area contributed by atoms with Crippen LogP contribution in [0.5, 0.6) is 5.75 Å². The number of halogens is 1. The Morgan fingerprint density at radius 2 is 1.89 bits per heavy atom. The van der Waals surface area contributed by atoms with E-state index < -0.39 is 0 Å². The van der Waals surface area contributed by atoms with E-state index in [1.54, 1.807) is 7.11 Å². The van der Waals surface area contributed by atoms with Crippen LogP contribution in [0.1, 0.15) is 51.5 Å². The number of hydrogen-bond acceptors (Lipinski definition) is 3. The van der Waals surface area contributed by atoms with Gasteiger partial charge in [-0.15, -0.1) is 24.0 Å². The lowest BCUT2D eigenvalue weighted by atomic mass is 9.83. The van der Waals surface area contributed by atoms with Gasteiger partial charge in [-0.3, -0.25) is 0 Å². The van der Waals surface area contributed by atoms with E-state index in [0.29, 0.717) is 12.0 Å². The van der Waals surface area contributed by atoms with E-state index in [0.717, 1.165) is 50.0 Å². The van der Waals surface area contributed by atoms with Crippen LogP contribution in [0, 0.1) is 5.41 Å². The highest BCUT2D eigenvalue weighted by atomic mass is 127. The SMILES string of the molecule is CCNC(=NCc1ccccc1OC)NCC1(CCOCC)CCCC1.I. The first-order valence-corrected chi connectivity index (χ1v) is 9.95. The number of rotatable bonds is 10. The highest BCUT2D eigenvalue weighted by Gasteiger charge is 2.33. The molecule has 1 fully saturated rings. The summed E-state index contributed by atoms with van der Waals surface area (Å²) >= 11 is 0. The molecule has 1 saturated carbocycles. The molecular weight excluding hydrogens is 453 g/mol. The van der Waals surface area contributed by atoms with Gasteiger partial charge in [-0.2, -0.15) is 0 Å². The molecule has 0 amide bonds. The van der Waals surface area contributed by atoms with Crippen molar-refractivity contribution in [3.05, 3.63) is 29.8 Å². The van der Waals surface area contributed by atoms with Crippen LogP contribution in [0.2, 0.25) is 0 Å². The number of nitrogens with one attached hydrogen (secondary N) is 2. The van der Waals surface area contributed by atoms with Gasteiger partial charge in [0.25, 0.3) is 0 Å². The molecular formula is C21H36IN3O2. The molecule has 0 heterocycles. The Hall–Kier alpha value is -1.02. The molecule has 5 nitrogen and oxygen atoms in total. The molecule has 154 valence electrons. The third kappa shape index (κ3) is 7.86. The molecule has 2 rings (SSSR count). The van der Waals surface area contributed by atoms with E-state index in [1.165, 1.54) is 25.7 Å². The lowest BCUT2D eigenvalue weighted by Gasteiger charge is -2.30. The van der Waals surface area contributed by atoms with Gasteiger partial charge in [0, 0.05) is 31.9 Å². The largest absolute Gasteiger partial charge is 0.496 e. The van der Waals surface area contributed by atoms with Gasteiger partial charge >= 0.3 is 0 Å². The number of methoxy groups -OCH3 is 1. The number of ether oxygens (including phenoxy) is 2. The van der Waals surface area contributed by atoms with Gasteiger partial charge in [0.1, 0.15) is 5.75 Å². The van der Waals surface area contributed by atoms with Crippen molar-refractivity contribution in [2.75, 3.05) is 33.4 Å². The van der Waals surface area contributed by atoms with E-state index in [4.69, 9.17) is 14.5 Å². The molecule has 2 N–H and O–H groups in total. The first kappa shape index (κ1) is 24.0. The predicted molar refractivity (Wildman–Crippen MR) is 123 cm³/mol. The molecule has 0 unspecified atom stereocenters. The van der Waals surface area contributed by atoms with Crippen LogP contribution in [0.4, 0.5) is 0 Å². The molecule has 0 saturated heterocycles. The predicted octanol–water partition coefficient (Wildman–Crippen LogP) is 4.36. The van der Waals surface area contributed by atoms with Crippen molar-refractivity contribution < 1.29 is 9.47 Å². The van der Waals surface area contributed by atoms with Crippen molar-refractivity contribution in [3.63, 3.8) is 0 Å². The summed E-state index contributed by atoms with van der Waals surface area (Å²) in [6.45, 7) is 8.22. The summed E-state index contributed by atoms with van der Waals surface area (Å²) in [5.74, 6) is 1.76. The van der Waals surface area contributed by atoms with Crippen LogP contribution >= 0.6 is 24.0 Å². The number of benzene rings is 1. The van der Waals surface area contributed by atoms with E-state index in [1.807, 2.05) is 18.2 Å². The molecule has 0 spiro atoms. The van der Waals surface area contributed by atoms with Crippen molar-refractivity contribution in [1.29, 1.82) is 0 Å². The van der Waals surface area contributed by atoms with Crippen LogP contribution in [0.3, 0.4) is 0 Å². The summed E-state index contributed by atoms with van der Waals surface area (Å²) in [5.41, 5.74) is 1.44. The fourth-order valence-corrected chi connectivity index (χ4v) is 3.68. The Morgan fingerprint density at radius 1 is 1.15 bits per heavy atom. The normalized spacial score (nSPS) is 15.9. The summed E-state index contributed by atoms with van der Waals surface area (Å²) < 4.78 is 11.0. The topological polar surface area (TPSA) is 54.9 Å². The first-order valence-electron chi connectivity index (χ1n) is 9.95. The van der Waals surface area contributed by atoms with Crippen LogP contribution in [-0.4, -0.2) is 39.4 Å². The minimum Gasteiger partial charge on any atom is -0.496 e. The van der Waals surface area contributed by atoms with Crippen LogP contribution < -0.4 is 15.4 Å². The summed E-state index contributed by atoms with van der Waals surface area (Å²) in [5, 5.41) is 6.95. The highest BCUT2D eigenvalue weighted by molar-refractivity contribution is 14.0. The maximum Gasteiger partial charge on any atom is 0.191 e. The van der Waals surface area contributed by atoms with Crippen molar-refractivity contribution >= 4 is 29.9 Å². The van der Waals surface area contributed by atoms with Crippen molar-refractivity contribution in [3.8, 4) is 5.75 Å². The van der Waals surface area contributed by atoms with Crippen molar-refractivity contribution in [2.45, 2.75) is 52.5 Å². The number of aliphatic imine (C=N–C) groups is 1. The highest BCUT2D eigenvalue weighted by Crippen LogP contribution is 2.40. The molecule has 1 aromatic carbocycles. The number of para-hydroxylation sites is 1. The second-order valence-corrected chi connectivity index (χ2v) is 7.01. The lowest BCUT2D eigenvalue weighted by Crippen LogP contribution is -2.43. The molecule has 1 aliphatic carbocycles. The van der Waals surface area contributed by atoms with E-state index in [9.17, 15) is 0 Å². The van der Waals surface area contributed by atoms with E-state index >= 15 is 0 Å². The molecule has 0 atom stereocenters. The minimum atomic E-state index is 0. The number of nitrogens with zero attached hydrogens (tertiary/aromatic N) is 1. The Balaban J connectivity index is 0.00000364. The summed E-state index contributed by atoms with van der Waals surface area (Å²) in [7, 11) is 1.70. The summed E-state index contributed by atoms with van der Waals surface area (Å²) in [4.78, 5) is 4.76. The molecule has 6 heteroatoms. The van der Waals surface area contributed by atoms with Gasteiger partial charge < -0.3 is 20.1 Å². The standard InChI is InChI=1S/C21H35N3O2.HI/c1-4-22-20(23-16-18-10-6-7-11-19(18)25-3)24-17-21(12-8-9-13-21)14-15-26-5-2;/h6-7,10-11H,4-5,8-9,12-17H2,1-3H3,(H2,22,23,24);1H.